The van der Waals surface area contributed by atoms with E-state index in [1.807, 2.05) is 49.5 Å². The Labute approximate surface area is 126 Å². The molecular weight excluding hydrogens is 262 g/mol. The van der Waals surface area contributed by atoms with E-state index in [0.29, 0.717) is 11.5 Å². The second-order valence-corrected chi connectivity index (χ2v) is 6.50. The van der Waals surface area contributed by atoms with E-state index in [9.17, 15) is 4.79 Å². The lowest BCUT2D eigenvalue weighted by atomic mass is 9.90. The number of fused-ring (bicyclic) bond motifs is 2. The SMILES string of the molecule is CN(C)c1ccc(C(=O)NN=CC2CC3CCC2C3)cc1. The minimum absolute atomic E-state index is 0.139. The third-order valence-electron chi connectivity index (χ3n) is 4.87. The fraction of sp³-hybridized carbons (Fsp3) is 0.529. The van der Waals surface area contributed by atoms with Crippen LogP contribution in [0.25, 0.3) is 0 Å². The summed E-state index contributed by atoms with van der Waals surface area (Å²) in [6.07, 6.45) is 7.29. The van der Waals surface area contributed by atoms with Gasteiger partial charge in [-0.1, -0.05) is 6.42 Å². The zero-order valence-electron chi connectivity index (χ0n) is 12.7. The second kappa shape index (κ2) is 5.88. The summed E-state index contributed by atoms with van der Waals surface area (Å²) in [7, 11) is 3.96. The van der Waals surface area contributed by atoms with E-state index < -0.39 is 0 Å². The van der Waals surface area contributed by atoms with Gasteiger partial charge in [0.2, 0.25) is 0 Å². The summed E-state index contributed by atoms with van der Waals surface area (Å²) in [4.78, 5) is 14.0. The van der Waals surface area contributed by atoms with Crippen molar-refractivity contribution in [3.8, 4) is 0 Å². The lowest BCUT2D eigenvalue weighted by Gasteiger charge is -2.16. The summed E-state index contributed by atoms with van der Waals surface area (Å²) >= 11 is 0. The van der Waals surface area contributed by atoms with Crippen LogP contribution in [0.3, 0.4) is 0 Å². The van der Waals surface area contributed by atoms with Crippen LogP contribution in [0.1, 0.15) is 36.0 Å². The van der Waals surface area contributed by atoms with Gasteiger partial charge in [0.1, 0.15) is 0 Å². The summed E-state index contributed by atoms with van der Waals surface area (Å²) in [5.74, 6) is 2.13. The van der Waals surface area contributed by atoms with Gasteiger partial charge in [-0.2, -0.15) is 5.10 Å². The molecule has 0 spiro atoms. The van der Waals surface area contributed by atoms with E-state index >= 15 is 0 Å². The highest BCUT2D eigenvalue weighted by molar-refractivity contribution is 5.94. The van der Waals surface area contributed by atoms with Crippen molar-refractivity contribution in [3.05, 3.63) is 29.8 Å². The first-order valence-electron chi connectivity index (χ1n) is 7.74. The molecule has 0 aliphatic heterocycles. The van der Waals surface area contributed by atoms with Crippen molar-refractivity contribution in [2.75, 3.05) is 19.0 Å². The van der Waals surface area contributed by atoms with Crippen molar-refractivity contribution in [3.63, 3.8) is 0 Å². The average Bonchev–Trinajstić information content (AvgIpc) is 3.10. The van der Waals surface area contributed by atoms with Crippen molar-refractivity contribution in [1.82, 2.24) is 5.43 Å². The maximum atomic E-state index is 12.0. The molecule has 1 aromatic rings. The van der Waals surface area contributed by atoms with E-state index in [-0.39, 0.29) is 5.91 Å². The lowest BCUT2D eigenvalue weighted by Crippen LogP contribution is -2.20. The van der Waals surface area contributed by atoms with Crippen molar-refractivity contribution in [2.45, 2.75) is 25.7 Å². The number of hydrazone groups is 1. The molecule has 0 saturated heterocycles. The number of hydrogen-bond donors (Lipinski definition) is 1. The van der Waals surface area contributed by atoms with Gasteiger partial charge in [-0.05, 0) is 61.3 Å². The van der Waals surface area contributed by atoms with Crippen molar-refractivity contribution in [2.24, 2.45) is 22.9 Å². The number of anilines is 1. The first kappa shape index (κ1) is 14.1. The average molecular weight is 285 g/mol. The Morgan fingerprint density at radius 1 is 1.24 bits per heavy atom. The van der Waals surface area contributed by atoms with Crippen LogP contribution in [-0.2, 0) is 0 Å². The van der Waals surface area contributed by atoms with Crippen LogP contribution in [0.4, 0.5) is 5.69 Å². The molecule has 0 heterocycles. The van der Waals surface area contributed by atoms with Crippen molar-refractivity contribution >= 4 is 17.8 Å². The molecular formula is C17H23N3O. The van der Waals surface area contributed by atoms with Crippen molar-refractivity contribution < 1.29 is 4.79 Å². The molecule has 0 aromatic heterocycles. The van der Waals surface area contributed by atoms with Crippen LogP contribution in [0.5, 0.6) is 0 Å². The van der Waals surface area contributed by atoms with Gasteiger partial charge in [0.05, 0.1) is 0 Å². The van der Waals surface area contributed by atoms with Crippen molar-refractivity contribution in [1.29, 1.82) is 0 Å². The number of carbonyl (C=O) groups is 1. The number of nitrogens with zero attached hydrogens (tertiary/aromatic N) is 2. The van der Waals surface area contributed by atoms with Crippen LogP contribution in [0.15, 0.2) is 29.4 Å². The fourth-order valence-corrected chi connectivity index (χ4v) is 3.64. The Bertz CT molecular complexity index is 535. The molecule has 1 N–H and O–H groups in total. The molecule has 3 atom stereocenters. The highest BCUT2D eigenvalue weighted by Gasteiger charge is 2.38. The monoisotopic (exact) mass is 285 g/mol. The molecule has 4 heteroatoms. The van der Waals surface area contributed by atoms with E-state index in [1.165, 1.54) is 25.7 Å². The Hall–Kier alpha value is -1.84. The van der Waals surface area contributed by atoms with Crippen LogP contribution in [0, 0.1) is 17.8 Å². The van der Waals surface area contributed by atoms with E-state index in [0.717, 1.165) is 17.5 Å². The largest absolute Gasteiger partial charge is 0.378 e. The van der Waals surface area contributed by atoms with Gasteiger partial charge in [0.25, 0.3) is 5.91 Å². The molecule has 4 nitrogen and oxygen atoms in total. The molecule has 1 aromatic carbocycles. The molecule has 3 unspecified atom stereocenters. The Balaban J connectivity index is 1.54. The van der Waals surface area contributed by atoms with Gasteiger partial charge in [-0.25, -0.2) is 5.43 Å². The number of nitrogens with one attached hydrogen (secondary N) is 1. The molecule has 1 amide bonds. The van der Waals surface area contributed by atoms with Gasteiger partial charge >= 0.3 is 0 Å². The van der Waals surface area contributed by atoms with E-state index in [4.69, 9.17) is 0 Å². The molecule has 2 aliphatic carbocycles. The highest BCUT2D eigenvalue weighted by atomic mass is 16.2. The third kappa shape index (κ3) is 3.09. The maximum absolute atomic E-state index is 12.0. The zero-order chi connectivity index (χ0) is 14.8. The molecule has 2 bridgehead atoms. The summed E-state index contributed by atoms with van der Waals surface area (Å²) in [5.41, 5.74) is 4.38. The molecule has 112 valence electrons. The summed E-state index contributed by atoms with van der Waals surface area (Å²) in [6.45, 7) is 0. The first-order valence-corrected chi connectivity index (χ1v) is 7.74. The number of amides is 1. The Morgan fingerprint density at radius 2 is 2.00 bits per heavy atom. The predicted molar refractivity (Wildman–Crippen MR) is 85.7 cm³/mol. The molecule has 21 heavy (non-hydrogen) atoms. The van der Waals surface area contributed by atoms with Gasteiger partial charge in [0, 0.05) is 31.6 Å². The maximum Gasteiger partial charge on any atom is 0.271 e. The fourth-order valence-electron chi connectivity index (χ4n) is 3.64. The summed E-state index contributed by atoms with van der Waals surface area (Å²) in [6, 6.07) is 7.54. The second-order valence-electron chi connectivity index (χ2n) is 6.50. The van der Waals surface area contributed by atoms with Crippen LogP contribution < -0.4 is 10.3 Å². The van der Waals surface area contributed by atoms with Crippen LogP contribution >= 0.6 is 0 Å². The lowest BCUT2D eigenvalue weighted by molar-refractivity contribution is 0.0955. The van der Waals surface area contributed by atoms with Gasteiger partial charge in [-0.3, -0.25) is 4.79 Å². The van der Waals surface area contributed by atoms with E-state index in [1.54, 1.807) is 0 Å². The highest BCUT2D eigenvalue weighted by Crippen LogP contribution is 2.47. The number of benzene rings is 1. The molecule has 3 rings (SSSR count). The topological polar surface area (TPSA) is 44.7 Å². The minimum Gasteiger partial charge on any atom is -0.378 e. The zero-order valence-corrected chi connectivity index (χ0v) is 12.7. The third-order valence-corrected chi connectivity index (χ3v) is 4.87. The summed E-state index contributed by atoms with van der Waals surface area (Å²) < 4.78 is 0. The number of hydrogen-bond acceptors (Lipinski definition) is 3. The smallest absolute Gasteiger partial charge is 0.271 e. The van der Waals surface area contributed by atoms with Crippen LogP contribution in [-0.4, -0.2) is 26.2 Å². The molecule has 2 aliphatic rings. The van der Waals surface area contributed by atoms with Crippen LogP contribution in [0.2, 0.25) is 0 Å². The molecule has 0 radical (unpaired) electrons. The normalized spacial score (nSPS) is 27.2. The van der Waals surface area contributed by atoms with E-state index in [2.05, 4.69) is 10.5 Å². The molecule has 2 saturated carbocycles. The summed E-state index contributed by atoms with van der Waals surface area (Å²) in [5, 5.41) is 4.17. The quantitative estimate of drug-likeness (QED) is 0.683. The Morgan fingerprint density at radius 3 is 2.57 bits per heavy atom. The minimum atomic E-state index is -0.139. The Kier molecular flexibility index (Phi) is 3.95. The first-order chi connectivity index (χ1) is 10.1. The van der Waals surface area contributed by atoms with Gasteiger partial charge in [0.15, 0.2) is 0 Å². The van der Waals surface area contributed by atoms with Gasteiger partial charge in [-0.15, -0.1) is 0 Å². The molecule has 2 fully saturated rings. The predicted octanol–water partition coefficient (Wildman–Crippen LogP) is 2.90. The van der Waals surface area contributed by atoms with Gasteiger partial charge < -0.3 is 4.90 Å². The number of rotatable bonds is 4. The number of carbonyl (C=O) groups excluding carboxylic acids is 1. The standard InChI is InChI=1S/C17H23N3O/c1-20(2)16-7-5-13(6-8-16)17(21)19-18-11-15-10-12-3-4-14(15)9-12/h5-8,11-12,14-15H,3-4,9-10H2,1-2H3,(H,19,21).